The molecular weight excluding hydrogens is 236 g/mol. The van der Waals surface area contributed by atoms with Gasteiger partial charge in [-0.2, -0.15) is 5.10 Å². The Hall–Kier alpha value is -1.27. The molecule has 1 aromatic heterocycles. The van der Waals surface area contributed by atoms with Crippen LogP contribution in [0.15, 0.2) is 12.3 Å². The molecule has 0 bridgehead atoms. The maximum atomic E-state index is 5.67. The van der Waals surface area contributed by atoms with Crippen LogP contribution in [-0.4, -0.2) is 41.5 Å². The lowest BCUT2D eigenvalue weighted by Crippen LogP contribution is -2.30. The van der Waals surface area contributed by atoms with E-state index < -0.39 is 0 Å². The molecule has 0 unspecified atom stereocenters. The van der Waals surface area contributed by atoms with Crippen LogP contribution in [0.2, 0.25) is 0 Å². The molecule has 0 aliphatic carbocycles. The van der Waals surface area contributed by atoms with Crippen molar-refractivity contribution < 1.29 is 4.74 Å². The van der Waals surface area contributed by atoms with Gasteiger partial charge in [0.1, 0.15) is 4.99 Å². The van der Waals surface area contributed by atoms with Crippen LogP contribution in [0, 0.1) is 0 Å². The third kappa shape index (κ3) is 3.90. The number of thiocarbonyl (C=S) groups is 1. The third-order valence-electron chi connectivity index (χ3n) is 2.36. The van der Waals surface area contributed by atoms with Crippen LogP contribution in [0.3, 0.4) is 0 Å². The first-order valence-electron chi connectivity index (χ1n) is 5.64. The maximum absolute atomic E-state index is 5.67. The molecule has 0 radical (unpaired) electrons. The number of hydrogen-bond donors (Lipinski definition) is 1. The molecule has 1 rings (SSSR count). The summed E-state index contributed by atoms with van der Waals surface area (Å²) >= 11 is 5.00. The average molecular weight is 254 g/mol. The molecule has 0 aliphatic rings. The first-order chi connectivity index (χ1) is 8.20. The molecule has 94 valence electrons. The van der Waals surface area contributed by atoms with Crippen LogP contribution in [-0.2, 0) is 4.74 Å². The van der Waals surface area contributed by atoms with E-state index in [1.807, 2.05) is 13.8 Å². The zero-order valence-electron chi connectivity index (χ0n) is 10.2. The molecule has 0 saturated heterocycles. The van der Waals surface area contributed by atoms with Crippen molar-refractivity contribution in [2.75, 3.05) is 31.2 Å². The predicted octanol–water partition coefficient (Wildman–Crippen LogP) is 0.974. The lowest BCUT2D eigenvalue weighted by atomic mass is 10.2. The van der Waals surface area contributed by atoms with E-state index in [1.165, 1.54) is 0 Å². The van der Waals surface area contributed by atoms with Gasteiger partial charge in [0.2, 0.25) is 0 Å². The lowest BCUT2D eigenvalue weighted by molar-refractivity contribution is 0.154. The first kappa shape index (κ1) is 13.8. The second kappa shape index (κ2) is 7.13. The predicted molar refractivity (Wildman–Crippen MR) is 72.3 cm³/mol. The van der Waals surface area contributed by atoms with Crippen LogP contribution in [0.1, 0.15) is 19.4 Å². The number of rotatable bonds is 7. The number of nitrogens with zero attached hydrogens (tertiary/aromatic N) is 3. The highest BCUT2D eigenvalue weighted by Gasteiger charge is 2.13. The lowest BCUT2D eigenvalue weighted by Gasteiger charge is -2.23. The van der Waals surface area contributed by atoms with Gasteiger partial charge in [-0.15, -0.1) is 5.10 Å². The highest BCUT2D eigenvalue weighted by atomic mass is 32.1. The van der Waals surface area contributed by atoms with Gasteiger partial charge in [-0.25, -0.2) is 0 Å². The molecule has 0 fully saturated rings. The summed E-state index contributed by atoms with van der Waals surface area (Å²) in [5.41, 5.74) is 6.43. The summed E-state index contributed by atoms with van der Waals surface area (Å²) in [4.78, 5) is 2.39. The Morgan fingerprint density at radius 2 is 2.29 bits per heavy atom. The fourth-order valence-electron chi connectivity index (χ4n) is 1.48. The SMILES string of the molecule is CCOCCN(CC)c1nnccc1C(N)=S. The standard InChI is InChI=1S/C11H18N4OS/c1-3-15(7-8-16-4-2)11-9(10(12)17)5-6-13-14-11/h5-6H,3-4,7-8H2,1-2H3,(H2,12,17). The van der Waals surface area contributed by atoms with Crippen LogP contribution in [0.25, 0.3) is 0 Å². The van der Waals surface area contributed by atoms with E-state index in [2.05, 4.69) is 15.1 Å². The summed E-state index contributed by atoms with van der Waals surface area (Å²) in [5, 5.41) is 7.98. The number of nitrogens with two attached hydrogens (primary N) is 1. The van der Waals surface area contributed by atoms with Crippen molar-refractivity contribution in [2.24, 2.45) is 5.73 Å². The molecule has 0 aromatic carbocycles. The molecule has 0 saturated carbocycles. The van der Waals surface area contributed by atoms with Crippen LogP contribution < -0.4 is 10.6 Å². The first-order valence-corrected chi connectivity index (χ1v) is 6.05. The molecule has 1 aromatic rings. The number of ether oxygens (including phenoxy) is 1. The normalized spacial score (nSPS) is 10.2. The van der Waals surface area contributed by atoms with Gasteiger partial charge in [0.25, 0.3) is 0 Å². The smallest absolute Gasteiger partial charge is 0.161 e. The number of hydrogen-bond acceptors (Lipinski definition) is 5. The minimum Gasteiger partial charge on any atom is -0.389 e. The summed E-state index contributed by atoms with van der Waals surface area (Å²) in [6, 6.07) is 1.79. The van der Waals surface area contributed by atoms with Crippen molar-refractivity contribution >= 4 is 23.0 Å². The number of likely N-dealkylation sites (N-methyl/N-ethyl adjacent to an activating group) is 1. The average Bonchev–Trinajstić information content (AvgIpc) is 2.35. The summed E-state index contributed by atoms with van der Waals surface area (Å²) < 4.78 is 5.33. The van der Waals surface area contributed by atoms with Crippen LogP contribution in [0.5, 0.6) is 0 Å². The molecule has 0 aliphatic heterocycles. The van der Waals surface area contributed by atoms with Crippen LogP contribution >= 0.6 is 12.2 Å². The fraction of sp³-hybridized carbons (Fsp3) is 0.545. The van der Waals surface area contributed by atoms with E-state index in [-0.39, 0.29) is 0 Å². The van der Waals surface area contributed by atoms with Gasteiger partial charge < -0.3 is 15.4 Å². The monoisotopic (exact) mass is 254 g/mol. The molecule has 0 atom stereocenters. The van der Waals surface area contributed by atoms with E-state index in [4.69, 9.17) is 22.7 Å². The molecule has 2 N–H and O–H groups in total. The Balaban J connectivity index is 2.83. The Labute approximate surface area is 107 Å². The molecule has 17 heavy (non-hydrogen) atoms. The second-order valence-corrected chi connectivity index (χ2v) is 3.85. The minimum absolute atomic E-state index is 0.338. The highest BCUT2D eigenvalue weighted by molar-refractivity contribution is 7.80. The van der Waals surface area contributed by atoms with Gasteiger partial charge >= 0.3 is 0 Å². The van der Waals surface area contributed by atoms with Crippen molar-refractivity contribution in [1.29, 1.82) is 0 Å². The Morgan fingerprint density at radius 1 is 1.53 bits per heavy atom. The molecule has 0 spiro atoms. The fourth-order valence-corrected chi connectivity index (χ4v) is 1.64. The summed E-state index contributed by atoms with van der Waals surface area (Å²) in [7, 11) is 0. The minimum atomic E-state index is 0.338. The van der Waals surface area contributed by atoms with Crippen molar-refractivity contribution in [1.82, 2.24) is 10.2 Å². The topological polar surface area (TPSA) is 64.3 Å². The quantitative estimate of drug-likeness (QED) is 0.578. The van der Waals surface area contributed by atoms with Gasteiger partial charge in [-0.3, -0.25) is 0 Å². The highest BCUT2D eigenvalue weighted by Crippen LogP contribution is 2.15. The van der Waals surface area contributed by atoms with Gasteiger partial charge in [0.15, 0.2) is 5.82 Å². The zero-order chi connectivity index (χ0) is 12.7. The van der Waals surface area contributed by atoms with E-state index in [0.29, 0.717) is 18.2 Å². The Bertz CT molecular complexity index is 372. The van der Waals surface area contributed by atoms with Gasteiger partial charge in [-0.05, 0) is 19.9 Å². The molecular formula is C11H18N4OS. The molecule has 0 amide bonds. The molecule has 6 heteroatoms. The summed E-state index contributed by atoms with van der Waals surface area (Å²) in [6.45, 7) is 6.93. The Morgan fingerprint density at radius 3 is 2.88 bits per heavy atom. The van der Waals surface area contributed by atoms with Gasteiger partial charge in [-0.1, -0.05) is 12.2 Å². The summed E-state index contributed by atoms with van der Waals surface area (Å²) in [5.74, 6) is 0.724. The second-order valence-electron chi connectivity index (χ2n) is 3.41. The zero-order valence-corrected chi connectivity index (χ0v) is 11.0. The molecule has 5 nitrogen and oxygen atoms in total. The van der Waals surface area contributed by atoms with Crippen molar-refractivity contribution in [3.63, 3.8) is 0 Å². The maximum Gasteiger partial charge on any atom is 0.161 e. The summed E-state index contributed by atoms with van der Waals surface area (Å²) in [6.07, 6.45) is 1.59. The van der Waals surface area contributed by atoms with Gasteiger partial charge in [0, 0.05) is 19.7 Å². The third-order valence-corrected chi connectivity index (χ3v) is 2.58. The number of aromatic nitrogens is 2. The number of anilines is 1. The van der Waals surface area contributed by atoms with E-state index in [0.717, 1.165) is 24.5 Å². The van der Waals surface area contributed by atoms with E-state index in [9.17, 15) is 0 Å². The van der Waals surface area contributed by atoms with Crippen LogP contribution in [0.4, 0.5) is 5.82 Å². The largest absolute Gasteiger partial charge is 0.389 e. The Kier molecular flexibility index (Phi) is 5.79. The van der Waals surface area contributed by atoms with E-state index in [1.54, 1.807) is 12.3 Å². The van der Waals surface area contributed by atoms with Crippen molar-refractivity contribution in [3.05, 3.63) is 17.8 Å². The molecule has 1 heterocycles. The van der Waals surface area contributed by atoms with Crippen molar-refractivity contribution in [2.45, 2.75) is 13.8 Å². The van der Waals surface area contributed by atoms with Gasteiger partial charge in [0.05, 0.1) is 18.4 Å². The van der Waals surface area contributed by atoms with E-state index >= 15 is 0 Å². The van der Waals surface area contributed by atoms with Crippen molar-refractivity contribution in [3.8, 4) is 0 Å².